The summed E-state index contributed by atoms with van der Waals surface area (Å²) in [5, 5.41) is 2.86. The minimum Gasteiger partial charge on any atom is -0.467 e. The van der Waals surface area contributed by atoms with Crippen molar-refractivity contribution >= 4 is 11.7 Å². The molecule has 0 aliphatic heterocycles. The summed E-state index contributed by atoms with van der Waals surface area (Å²) >= 11 is 0. The Bertz CT molecular complexity index is 853. The Morgan fingerprint density at radius 1 is 1.12 bits per heavy atom. The first-order chi connectivity index (χ1) is 12.0. The lowest BCUT2D eigenvalue weighted by Crippen LogP contribution is -2.26. The molecule has 0 fully saturated rings. The van der Waals surface area contributed by atoms with Crippen LogP contribution in [0.3, 0.4) is 0 Å². The van der Waals surface area contributed by atoms with Crippen LogP contribution in [0.5, 0.6) is 0 Å². The van der Waals surface area contributed by atoms with Crippen molar-refractivity contribution in [1.82, 2.24) is 10.3 Å². The molecule has 5 heteroatoms. The van der Waals surface area contributed by atoms with Gasteiger partial charge in [0.05, 0.1) is 24.1 Å². The Hall–Kier alpha value is -3.08. The molecular formula is C20H21N3O2. The topological polar surface area (TPSA) is 58.4 Å². The number of anilines is 1. The van der Waals surface area contributed by atoms with E-state index in [-0.39, 0.29) is 5.91 Å². The minimum absolute atomic E-state index is 0.178. The van der Waals surface area contributed by atoms with Crippen LogP contribution in [0, 0.1) is 6.92 Å². The van der Waals surface area contributed by atoms with Gasteiger partial charge in [0, 0.05) is 19.7 Å². The summed E-state index contributed by atoms with van der Waals surface area (Å²) in [4.78, 5) is 19.1. The molecule has 1 N–H and O–H groups in total. The first-order valence-electron chi connectivity index (χ1n) is 8.10. The molecule has 25 heavy (non-hydrogen) atoms. The van der Waals surface area contributed by atoms with Crippen LogP contribution in [-0.2, 0) is 6.54 Å². The number of carbonyl (C=O) groups excluding carboxylic acids is 1. The van der Waals surface area contributed by atoms with E-state index in [9.17, 15) is 4.79 Å². The van der Waals surface area contributed by atoms with E-state index >= 15 is 0 Å². The maximum atomic E-state index is 12.5. The fourth-order valence-corrected chi connectivity index (χ4v) is 2.53. The number of hydrogen-bond donors (Lipinski definition) is 1. The van der Waals surface area contributed by atoms with Crippen LogP contribution in [0.4, 0.5) is 5.82 Å². The number of furan rings is 1. The number of carbonyl (C=O) groups is 1. The Morgan fingerprint density at radius 2 is 1.88 bits per heavy atom. The Morgan fingerprint density at radius 3 is 2.52 bits per heavy atom. The Labute approximate surface area is 147 Å². The molecule has 0 aliphatic carbocycles. The molecule has 0 radical (unpaired) electrons. The minimum atomic E-state index is -0.178. The first kappa shape index (κ1) is 16.8. The second-order valence-corrected chi connectivity index (χ2v) is 6.09. The lowest BCUT2D eigenvalue weighted by molar-refractivity contribution is 0.0948. The summed E-state index contributed by atoms with van der Waals surface area (Å²) in [6.07, 6.45) is 1.59. The van der Waals surface area contributed by atoms with Crippen molar-refractivity contribution in [2.24, 2.45) is 0 Å². The van der Waals surface area contributed by atoms with Gasteiger partial charge in [-0.25, -0.2) is 4.98 Å². The van der Waals surface area contributed by atoms with Gasteiger partial charge in [-0.15, -0.1) is 0 Å². The Balaban J connectivity index is 1.86. The highest BCUT2D eigenvalue weighted by Gasteiger charge is 2.16. The summed E-state index contributed by atoms with van der Waals surface area (Å²) in [6, 6.07) is 15.5. The highest BCUT2D eigenvalue weighted by atomic mass is 16.3. The maximum Gasteiger partial charge on any atom is 0.255 e. The summed E-state index contributed by atoms with van der Waals surface area (Å²) in [5.41, 5.74) is 3.60. The van der Waals surface area contributed by atoms with Crippen LogP contribution in [0.2, 0.25) is 0 Å². The molecular weight excluding hydrogens is 314 g/mol. The molecule has 0 atom stereocenters. The van der Waals surface area contributed by atoms with Crippen LogP contribution in [-0.4, -0.2) is 25.0 Å². The van der Waals surface area contributed by atoms with Crippen LogP contribution < -0.4 is 10.2 Å². The second kappa shape index (κ2) is 7.21. The van der Waals surface area contributed by atoms with Crippen molar-refractivity contribution in [1.29, 1.82) is 0 Å². The number of benzene rings is 1. The van der Waals surface area contributed by atoms with E-state index in [0.29, 0.717) is 23.7 Å². The number of amides is 1. The van der Waals surface area contributed by atoms with Gasteiger partial charge in [-0.1, -0.05) is 29.8 Å². The monoisotopic (exact) mass is 335 g/mol. The largest absolute Gasteiger partial charge is 0.467 e. The van der Waals surface area contributed by atoms with Crippen molar-refractivity contribution in [3.8, 4) is 11.3 Å². The van der Waals surface area contributed by atoms with E-state index in [1.807, 2.05) is 49.3 Å². The molecule has 2 aromatic heterocycles. The van der Waals surface area contributed by atoms with Crippen LogP contribution in [0.15, 0.2) is 59.2 Å². The smallest absolute Gasteiger partial charge is 0.255 e. The first-order valence-corrected chi connectivity index (χ1v) is 8.10. The van der Waals surface area contributed by atoms with Crippen LogP contribution in [0.1, 0.15) is 21.7 Å². The van der Waals surface area contributed by atoms with E-state index in [0.717, 1.165) is 11.3 Å². The standard InChI is InChI=1S/C20H21N3O2/c1-14-6-8-15(9-7-14)18-11-10-17(19(22-18)23(2)3)20(24)21-13-16-5-4-12-25-16/h4-12H,13H2,1-3H3,(H,21,24). The normalized spacial score (nSPS) is 10.5. The molecule has 5 nitrogen and oxygen atoms in total. The number of rotatable bonds is 5. The maximum absolute atomic E-state index is 12.5. The zero-order valence-electron chi connectivity index (χ0n) is 14.6. The third-order valence-corrected chi connectivity index (χ3v) is 3.89. The van der Waals surface area contributed by atoms with Gasteiger partial charge in [-0.05, 0) is 31.2 Å². The van der Waals surface area contributed by atoms with E-state index in [1.165, 1.54) is 5.56 Å². The number of hydrogen-bond acceptors (Lipinski definition) is 4. The van der Waals surface area contributed by atoms with Crippen molar-refractivity contribution in [2.75, 3.05) is 19.0 Å². The highest BCUT2D eigenvalue weighted by molar-refractivity contribution is 5.99. The molecule has 0 spiro atoms. The lowest BCUT2D eigenvalue weighted by atomic mass is 10.1. The van der Waals surface area contributed by atoms with E-state index in [1.54, 1.807) is 12.3 Å². The molecule has 0 saturated carbocycles. The van der Waals surface area contributed by atoms with Crippen molar-refractivity contribution < 1.29 is 9.21 Å². The van der Waals surface area contributed by atoms with E-state index in [2.05, 4.69) is 29.4 Å². The molecule has 128 valence electrons. The number of pyridine rings is 1. The summed E-state index contributed by atoms with van der Waals surface area (Å²) in [6.45, 7) is 2.40. The van der Waals surface area contributed by atoms with Crippen LogP contribution in [0.25, 0.3) is 11.3 Å². The number of nitrogens with one attached hydrogen (secondary N) is 1. The van der Waals surface area contributed by atoms with E-state index in [4.69, 9.17) is 4.42 Å². The van der Waals surface area contributed by atoms with Gasteiger partial charge < -0.3 is 14.6 Å². The van der Waals surface area contributed by atoms with Crippen molar-refractivity contribution in [3.05, 3.63) is 71.7 Å². The average molecular weight is 335 g/mol. The molecule has 0 aliphatic rings. The zero-order valence-corrected chi connectivity index (χ0v) is 14.6. The van der Waals surface area contributed by atoms with Gasteiger partial charge in [0.15, 0.2) is 0 Å². The van der Waals surface area contributed by atoms with Gasteiger partial charge in [-0.2, -0.15) is 0 Å². The number of nitrogens with zero attached hydrogens (tertiary/aromatic N) is 2. The summed E-state index contributed by atoms with van der Waals surface area (Å²) in [5.74, 6) is 1.17. The predicted molar refractivity (Wildman–Crippen MR) is 98.6 cm³/mol. The van der Waals surface area contributed by atoms with Gasteiger partial charge in [0.25, 0.3) is 5.91 Å². The van der Waals surface area contributed by atoms with Gasteiger partial charge in [0.2, 0.25) is 0 Å². The third kappa shape index (κ3) is 3.88. The van der Waals surface area contributed by atoms with Gasteiger partial charge in [0.1, 0.15) is 11.6 Å². The molecule has 2 heterocycles. The molecule has 3 rings (SSSR count). The van der Waals surface area contributed by atoms with Gasteiger partial charge in [-0.3, -0.25) is 4.79 Å². The van der Waals surface area contributed by atoms with Crippen LogP contribution >= 0.6 is 0 Å². The molecule has 1 amide bonds. The molecule has 1 aromatic carbocycles. The van der Waals surface area contributed by atoms with Gasteiger partial charge >= 0.3 is 0 Å². The Kier molecular flexibility index (Phi) is 4.84. The third-order valence-electron chi connectivity index (χ3n) is 3.89. The molecule has 3 aromatic rings. The quantitative estimate of drug-likeness (QED) is 0.773. The molecule has 0 unspecified atom stereocenters. The zero-order chi connectivity index (χ0) is 17.8. The molecule has 0 bridgehead atoms. The molecule has 0 saturated heterocycles. The van der Waals surface area contributed by atoms with Crippen molar-refractivity contribution in [3.63, 3.8) is 0 Å². The second-order valence-electron chi connectivity index (χ2n) is 6.09. The van der Waals surface area contributed by atoms with E-state index < -0.39 is 0 Å². The average Bonchev–Trinajstić information content (AvgIpc) is 3.13. The predicted octanol–water partition coefficient (Wildman–Crippen LogP) is 3.65. The lowest BCUT2D eigenvalue weighted by Gasteiger charge is -2.17. The number of aromatic nitrogens is 1. The van der Waals surface area contributed by atoms with Crippen molar-refractivity contribution in [2.45, 2.75) is 13.5 Å². The number of aryl methyl sites for hydroxylation is 1. The highest BCUT2D eigenvalue weighted by Crippen LogP contribution is 2.24. The fourth-order valence-electron chi connectivity index (χ4n) is 2.53. The fraction of sp³-hybridized carbons (Fsp3) is 0.200. The summed E-state index contributed by atoms with van der Waals surface area (Å²) in [7, 11) is 3.76. The summed E-state index contributed by atoms with van der Waals surface area (Å²) < 4.78 is 5.24. The SMILES string of the molecule is Cc1ccc(-c2ccc(C(=O)NCc3ccco3)c(N(C)C)n2)cc1.